The second-order valence-electron chi connectivity index (χ2n) is 11.2. The second-order valence-corrected chi connectivity index (χ2v) is 13.0. The van der Waals surface area contributed by atoms with E-state index >= 15 is 0 Å². The molecule has 1 unspecified atom stereocenters. The van der Waals surface area contributed by atoms with Crippen LogP contribution in [0.3, 0.4) is 0 Å². The van der Waals surface area contributed by atoms with E-state index in [4.69, 9.17) is 5.73 Å². The van der Waals surface area contributed by atoms with Gasteiger partial charge in [-0.25, -0.2) is 26.4 Å². The van der Waals surface area contributed by atoms with Gasteiger partial charge in [0.15, 0.2) is 0 Å². The maximum Gasteiger partial charge on any atom is 0.268 e. The van der Waals surface area contributed by atoms with Gasteiger partial charge in [0, 0.05) is 17.5 Å². The van der Waals surface area contributed by atoms with E-state index in [1.54, 1.807) is 24.3 Å². The molecule has 228 valence electrons. The molecule has 7 rings (SSSR count). The number of hydrogen-bond acceptors (Lipinski definition) is 7. The molecular weight excluding hydrogens is 597 g/mol. The number of amides is 1. The van der Waals surface area contributed by atoms with Crippen molar-refractivity contribution in [2.24, 2.45) is 0 Å². The minimum absolute atomic E-state index is 0.000618. The third-order valence-corrected chi connectivity index (χ3v) is 9.84. The first-order chi connectivity index (χ1) is 21.5. The van der Waals surface area contributed by atoms with Crippen molar-refractivity contribution in [2.75, 3.05) is 18.8 Å². The third-order valence-electron chi connectivity index (χ3n) is 8.09. The summed E-state index contributed by atoms with van der Waals surface area (Å²) in [5, 5.41) is 4.69. The van der Waals surface area contributed by atoms with Gasteiger partial charge in [0.05, 0.1) is 45.4 Å². The molecule has 4 heterocycles. The maximum absolute atomic E-state index is 14.2. The number of nitrogens with zero attached hydrogens (tertiary/aromatic N) is 5. The minimum atomic E-state index is -4.29. The largest absolute Gasteiger partial charge is 0.383 e. The average molecular weight is 626 g/mol. The number of rotatable bonds is 6. The van der Waals surface area contributed by atoms with E-state index in [9.17, 15) is 22.4 Å². The van der Waals surface area contributed by atoms with E-state index in [-0.39, 0.29) is 51.9 Å². The number of nitrogens with one attached hydrogen (secondary N) is 1. The van der Waals surface area contributed by atoms with Crippen molar-refractivity contribution in [3.63, 3.8) is 0 Å². The highest BCUT2D eigenvalue weighted by Gasteiger charge is 2.31. The number of aromatic nitrogens is 5. The van der Waals surface area contributed by atoms with Crippen LogP contribution < -0.4 is 5.73 Å². The number of imidazole rings is 1. The molecule has 3 aromatic heterocycles. The number of carbonyl (C=O) groups is 2. The van der Waals surface area contributed by atoms with Crippen LogP contribution in [0.25, 0.3) is 27.6 Å². The first-order valence-electron chi connectivity index (χ1n) is 14.3. The number of H-pyrrole nitrogens is 1. The maximum atomic E-state index is 14.2. The Balaban J connectivity index is 1.35. The van der Waals surface area contributed by atoms with Gasteiger partial charge < -0.3 is 15.6 Å². The number of ketones is 1. The van der Waals surface area contributed by atoms with Gasteiger partial charge in [-0.3, -0.25) is 9.59 Å². The van der Waals surface area contributed by atoms with Gasteiger partial charge in [-0.1, -0.05) is 17.7 Å². The Morgan fingerprint density at radius 3 is 2.53 bits per heavy atom. The summed E-state index contributed by atoms with van der Waals surface area (Å²) in [6.07, 6.45) is 0.482. The summed E-state index contributed by atoms with van der Waals surface area (Å²) in [6, 6.07) is 17.6. The molecule has 13 heteroatoms. The van der Waals surface area contributed by atoms with Gasteiger partial charge in [0.25, 0.3) is 15.9 Å². The zero-order valence-corrected chi connectivity index (χ0v) is 25.2. The normalized spacial score (nSPS) is 15.4. The Kier molecular flexibility index (Phi) is 6.58. The molecule has 0 aliphatic carbocycles. The molecule has 1 aliphatic heterocycles. The first-order valence-corrected chi connectivity index (χ1v) is 15.7. The van der Waals surface area contributed by atoms with Crippen LogP contribution in [-0.4, -0.2) is 68.0 Å². The van der Waals surface area contributed by atoms with Crippen LogP contribution in [0.15, 0.2) is 77.8 Å². The van der Waals surface area contributed by atoms with Crippen molar-refractivity contribution in [2.45, 2.75) is 31.3 Å². The number of anilines is 1. The van der Waals surface area contributed by atoms with Gasteiger partial charge in [0.1, 0.15) is 23.5 Å². The van der Waals surface area contributed by atoms with Crippen LogP contribution in [0.1, 0.15) is 44.2 Å². The average Bonchev–Trinajstić information content (AvgIpc) is 3.80. The van der Waals surface area contributed by atoms with Gasteiger partial charge in [-0.05, 0) is 74.9 Å². The first kappa shape index (κ1) is 28.5. The highest BCUT2D eigenvalue weighted by molar-refractivity contribution is 7.90. The number of nitrogens with two attached hydrogens (primary N) is 1. The molecule has 1 saturated heterocycles. The van der Waals surface area contributed by atoms with Crippen LogP contribution in [0, 0.1) is 13.8 Å². The number of nitrogen functional groups attached to an aromatic ring is 1. The number of hydrogen-bond donors (Lipinski definition) is 2. The molecule has 1 amide bonds. The molecule has 1 atom stereocenters. The molecular formula is C32H28FN7O4S. The van der Waals surface area contributed by atoms with E-state index in [0.717, 1.165) is 20.9 Å². The van der Waals surface area contributed by atoms with E-state index in [2.05, 4.69) is 15.1 Å². The molecule has 0 radical (unpaired) electrons. The predicted molar refractivity (Wildman–Crippen MR) is 167 cm³/mol. The number of carbonyl (C=O) groups excluding carboxylic acids is 2. The highest BCUT2D eigenvalue weighted by Crippen LogP contribution is 2.31. The Morgan fingerprint density at radius 2 is 1.80 bits per heavy atom. The molecule has 0 saturated carbocycles. The Morgan fingerprint density at radius 1 is 1.02 bits per heavy atom. The van der Waals surface area contributed by atoms with Crippen LogP contribution in [-0.2, 0) is 10.0 Å². The monoisotopic (exact) mass is 625 g/mol. The van der Waals surface area contributed by atoms with Crippen molar-refractivity contribution in [1.29, 1.82) is 0 Å². The minimum Gasteiger partial charge on any atom is -0.383 e. The Bertz CT molecular complexity index is 2270. The zero-order chi connectivity index (χ0) is 31.6. The summed E-state index contributed by atoms with van der Waals surface area (Å²) in [6.45, 7) is 3.97. The highest BCUT2D eigenvalue weighted by atomic mass is 32.2. The van der Waals surface area contributed by atoms with Gasteiger partial charge >= 0.3 is 0 Å². The molecule has 1 fully saturated rings. The third kappa shape index (κ3) is 4.75. The number of aromatic amines is 1. The van der Waals surface area contributed by atoms with Crippen molar-refractivity contribution in [3.05, 3.63) is 101 Å². The summed E-state index contributed by atoms with van der Waals surface area (Å²) in [7, 11) is -4.29. The summed E-state index contributed by atoms with van der Waals surface area (Å²) < 4.78 is 44.4. The molecule has 6 aromatic rings. The quantitative estimate of drug-likeness (QED) is 0.258. The van der Waals surface area contributed by atoms with Crippen LogP contribution in [0.2, 0.25) is 0 Å². The lowest BCUT2D eigenvalue weighted by Crippen LogP contribution is -2.28. The van der Waals surface area contributed by atoms with Crippen molar-refractivity contribution in [3.8, 4) is 5.69 Å². The fourth-order valence-electron chi connectivity index (χ4n) is 5.77. The Labute approximate surface area is 257 Å². The van der Waals surface area contributed by atoms with Crippen molar-refractivity contribution >= 4 is 49.5 Å². The van der Waals surface area contributed by atoms with Crippen LogP contribution in [0.4, 0.5) is 10.2 Å². The lowest BCUT2D eigenvalue weighted by Gasteiger charge is -2.15. The number of benzene rings is 3. The molecule has 45 heavy (non-hydrogen) atoms. The van der Waals surface area contributed by atoms with Crippen molar-refractivity contribution < 1.29 is 22.4 Å². The number of alkyl halides is 1. The molecule has 0 spiro atoms. The summed E-state index contributed by atoms with van der Waals surface area (Å²) in [5.74, 6) is -0.281. The lowest BCUT2D eigenvalue weighted by atomic mass is 10.1. The van der Waals surface area contributed by atoms with Crippen molar-refractivity contribution in [1.82, 2.24) is 28.6 Å². The molecule has 11 nitrogen and oxygen atoms in total. The number of aryl methyl sites for hydroxylation is 2. The van der Waals surface area contributed by atoms with E-state index < -0.39 is 22.0 Å². The molecule has 0 bridgehead atoms. The molecule has 3 aromatic carbocycles. The smallest absolute Gasteiger partial charge is 0.268 e. The zero-order valence-electron chi connectivity index (χ0n) is 24.4. The van der Waals surface area contributed by atoms with Gasteiger partial charge in [0.2, 0.25) is 5.78 Å². The van der Waals surface area contributed by atoms with E-state index in [1.165, 1.54) is 52.2 Å². The summed E-state index contributed by atoms with van der Waals surface area (Å²) in [4.78, 5) is 36.3. The standard InChI is InChI=1S/C32H28FN7O4S/c1-18-3-7-24(8-4-18)45(43,44)40-28-10-5-20(32(42)38-12-11-22(33)17-38)13-21(28)14-29(40)30(41)25-16-35-39(31(25)34)23-6-9-26-27(15-23)37-19(2)36-26/h3-10,13-16,22H,11-12,17,34H2,1-2H3,(H,36,37). The van der Waals surface area contributed by atoms with Gasteiger partial charge in [-0.2, -0.15) is 5.10 Å². The topological polar surface area (TPSA) is 149 Å². The Hall–Kier alpha value is -5.30. The fraction of sp³-hybridized carbons (Fsp3) is 0.188. The van der Waals surface area contributed by atoms with E-state index in [0.29, 0.717) is 23.1 Å². The van der Waals surface area contributed by atoms with Crippen LogP contribution in [0.5, 0.6) is 0 Å². The van der Waals surface area contributed by atoms with Crippen LogP contribution >= 0.6 is 0 Å². The summed E-state index contributed by atoms with van der Waals surface area (Å²) >= 11 is 0. The number of fused-ring (bicyclic) bond motifs is 2. The molecule has 1 aliphatic rings. The number of likely N-dealkylation sites (tertiary alicyclic amines) is 1. The van der Waals surface area contributed by atoms with E-state index in [1.807, 2.05) is 19.9 Å². The molecule has 3 N–H and O–H groups in total. The van der Waals surface area contributed by atoms with Gasteiger partial charge in [-0.15, -0.1) is 0 Å². The summed E-state index contributed by atoms with van der Waals surface area (Å²) in [5.41, 5.74) is 9.70. The SMILES string of the molecule is Cc1ccc(S(=O)(=O)n2c(C(=O)c3cnn(-c4ccc5[nH]c(C)nc5c4)c3N)cc3cc(C(=O)N4CCC(F)C4)ccc32)cc1. The number of halogens is 1. The predicted octanol–water partition coefficient (Wildman–Crippen LogP) is 4.55. The fourth-order valence-corrected chi connectivity index (χ4v) is 7.28. The lowest BCUT2D eigenvalue weighted by molar-refractivity contribution is 0.0782. The second kappa shape index (κ2) is 10.4.